The standard InChI is InChI=1S/C27H34N2O6/c1-26(2,3)28-22(31)15-9-8-14-16(19(15)24(28)33)11-17-21(20(14)18-10-7-13(12-30)35-18)25(34)29(23(17)32)27(4,5)6/h7-8,10,15-17,19-21,30H,9,11-12H2,1-6H3/t15-,16+,17+,19-,20+,21+/m0/s1. The fourth-order valence-electron chi connectivity index (χ4n) is 6.87. The Morgan fingerprint density at radius 2 is 1.40 bits per heavy atom. The predicted molar refractivity (Wildman–Crippen MR) is 125 cm³/mol. The quantitative estimate of drug-likeness (QED) is 0.513. The number of imide groups is 2. The van der Waals surface area contributed by atoms with E-state index in [2.05, 4.69) is 0 Å². The minimum atomic E-state index is -0.681. The summed E-state index contributed by atoms with van der Waals surface area (Å²) in [5, 5.41) is 9.58. The molecule has 2 saturated heterocycles. The van der Waals surface area contributed by atoms with Gasteiger partial charge in [-0.05, 0) is 72.4 Å². The van der Waals surface area contributed by atoms with Gasteiger partial charge in [0.2, 0.25) is 23.6 Å². The van der Waals surface area contributed by atoms with Crippen LogP contribution in [-0.4, -0.2) is 49.6 Å². The first-order chi connectivity index (χ1) is 16.3. The molecule has 3 fully saturated rings. The Kier molecular flexibility index (Phi) is 5.23. The second-order valence-corrected chi connectivity index (χ2v) is 12.4. The summed E-state index contributed by atoms with van der Waals surface area (Å²) in [6, 6.07) is 3.43. The van der Waals surface area contributed by atoms with Crippen molar-refractivity contribution < 1.29 is 28.7 Å². The molecule has 0 bridgehead atoms. The van der Waals surface area contributed by atoms with Gasteiger partial charge in [0.15, 0.2) is 0 Å². The van der Waals surface area contributed by atoms with E-state index in [1.165, 1.54) is 9.80 Å². The lowest BCUT2D eigenvalue weighted by molar-refractivity contribution is -0.147. The lowest BCUT2D eigenvalue weighted by atomic mass is 9.58. The van der Waals surface area contributed by atoms with Crippen LogP contribution in [0.5, 0.6) is 0 Å². The predicted octanol–water partition coefficient (Wildman–Crippen LogP) is 3.00. The van der Waals surface area contributed by atoms with Crippen LogP contribution in [0.3, 0.4) is 0 Å². The number of hydrogen-bond acceptors (Lipinski definition) is 6. The van der Waals surface area contributed by atoms with Crippen molar-refractivity contribution in [3.63, 3.8) is 0 Å². The summed E-state index contributed by atoms with van der Waals surface area (Å²) < 4.78 is 5.93. The fourth-order valence-corrected chi connectivity index (χ4v) is 6.87. The van der Waals surface area contributed by atoms with Crippen molar-refractivity contribution in [3.8, 4) is 0 Å². The van der Waals surface area contributed by atoms with Crippen LogP contribution < -0.4 is 0 Å². The van der Waals surface area contributed by atoms with Crippen LogP contribution in [0.4, 0.5) is 0 Å². The number of aliphatic hydroxyl groups is 1. The fraction of sp³-hybridized carbons (Fsp3) is 0.630. The van der Waals surface area contributed by atoms with Crippen LogP contribution in [0, 0.1) is 29.6 Å². The first kappa shape index (κ1) is 24.0. The summed E-state index contributed by atoms with van der Waals surface area (Å²) in [6.45, 7) is 10.8. The van der Waals surface area contributed by atoms with E-state index in [1.54, 1.807) is 12.1 Å². The van der Waals surface area contributed by atoms with Gasteiger partial charge in [-0.1, -0.05) is 11.6 Å². The summed E-state index contributed by atoms with van der Waals surface area (Å²) >= 11 is 0. The SMILES string of the molecule is CC(C)(C)N1C(=O)[C@H]2[C@H](CC=C3[C@H]2C[C@H]2C(=O)N(C(C)(C)C)C(=O)[C@H]2[C@H]3c2ccc(CO)o2)C1=O. The molecule has 1 N–H and O–H groups in total. The number of furan rings is 1. The van der Waals surface area contributed by atoms with Gasteiger partial charge in [-0.25, -0.2) is 0 Å². The number of carbonyl (C=O) groups excluding carboxylic acids is 4. The number of fused-ring (bicyclic) bond motifs is 4. The Hall–Kier alpha value is -2.74. The number of allylic oxidation sites excluding steroid dienone is 2. The first-order valence-corrected chi connectivity index (χ1v) is 12.4. The van der Waals surface area contributed by atoms with E-state index < -0.39 is 40.7 Å². The van der Waals surface area contributed by atoms with Gasteiger partial charge in [-0.3, -0.25) is 29.0 Å². The molecule has 1 aromatic rings. The number of aliphatic hydroxyl groups excluding tert-OH is 1. The number of hydrogen-bond donors (Lipinski definition) is 1. The first-order valence-electron chi connectivity index (χ1n) is 12.4. The lowest BCUT2D eigenvalue weighted by Crippen LogP contribution is -2.47. The van der Waals surface area contributed by atoms with Gasteiger partial charge in [-0.15, -0.1) is 0 Å². The van der Waals surface area contributed by atoms with Gasteiger partial charge in [0, 0.05) is 11.1 Å². The molecular weight excluding hydrogens is 448 g/mol. The van der Waals surface area contributed by atoms with E-state index >= 15 is 0 Å². The number of nitrogens with zero attached hydrogens (tertiary/aromatic N) is 2. The highest BCUT2D eigenvalue weighted by Gasteiger charge is 2.64. The molecule has 188 valence electrons. The summed E-state index contributed by atoms with van der Waals surface area (Å²) in [5.41, 5.74) is -0.415. The van der Waals surface area contributed by atoms with Crippen LogP contribution >= 0.6 is 0 Å². The number of rotatable bonds is 2. The second-order valence-electron chi connectivity index (χ2n) is 12.4. The Morgan fingerprint density at radius 1 is 0.829 bits per heavy atom. The van der Waals surface area contributed by atoms with Gasteiger partial charge < -0.3 is 9.52 Å². The molecule has 0 radical (unpaired) electrons. The zero-order valence-electron chi connectivity index (χ0n) is 21.2. The second kappa shape index (κ2) is 7.63. The molecule has 3 heterocycles. The highest BCUT2D eigenvalue weighted by Crippen LogP contribution is 2.58. The topological polar surface area (TPSA) is 108 Å². The van der Waals surface area contributed by atoms with Crippen LogP contribution in [0.2, 0.25) is 0 Å². The molecule has 35 heavy (non-hydrogen) atoms. The molecule has 6 atom stereocenters. The molecule has 8 heteroatoms. The zero-order valence-corrected chi connectivity index (χ0v) is 21.2. The molecule has 1 aromatic heterocycles. The van der Waals surface area contributed by atoms with E-state index in [-0.39, 0.29) is 36.2 Å². The average Bonchev–Trinajstić information content (AvgIpc) is 3.40. The molecule has 2 aliphatic carbocycles. The van der Waals surface area contributed by atoms with Crippen molar-refractivity contribution in [2.45, 2.75) is 78.0 Å². The van der Waals surface area contributed by atoms with Gasteiger partial charge in [-0.2, -0.15) is 0 Å². The monoisotopic (exact) mass is 482 g/mol. The molecule has 1 saturated carbocycles. The maximum absolute atomic E-state index is 13.7. The highest BCUT2D eigenvalue weighted by molar-refractivity contribution is 6.08. The summed E-state index contributed by atoms with van der Waals surface area (Å²) in [6.07, 6.45) is 2.78. The Morgan fingerprint density at radius 3 is 1.94 bits per heavy atom. The van der Waals surface area contributed by atoms with Crippen molar-refractivity contribution >= 4 is 23.6 Å². The Balaban J connectivity index is 1.63. The maximum atomic E-state index is 13.7. The van der Waals surface area contributed by atoms with E-state index in [4.69, 9.17) is 4.42 Å². The largest absolute Gasteiger partial charge is 0.463 e. The van der Waals surface area contributed by atoms with Crippen LogP contribution in [0.25, 0.3) is 0 Å². The summed E-state index contributed by atoms with van der Waals surface area (Å²) in [7, 11) is 0. The van der Waals surface area contributed by atoms with Crippen molar-refractivity contribution in [1.82, 2.24) is 9.80 Å². The lowest BCUT2D eigenvalue weighted by Gasteiger charge is -2.43. The number of carbonyl (C=O) groups is 4. The third-order valence-electron chi connectivity index (χ3n) is 8.13. The van der Waals surface area contributed by atoms with Gasteiger partial charge >= 0.3 is 0 Å². The van der Waals surface area contributed by atoms with Crippen molar-refractivity contribution in [2.75, 3.05) is 0 Å². The summed E-state index contributed by atoms with van der Waals surface area (Å²) in [5.74, 6) is -3.00. The minimum absolute atomic E-state index is 0.160. The highest BCUT2D eigenvalue weighted by atomic mass is 16.4. The zero-order chi connectivity index (χ0) is 25.6. The number of likely N-dealkylation sites (tertiary alicyclic amines) is 2. The van der Waals surface area contributed by atoms with Crippen LogP contribution in [-0.2, 0) is 25.8 Å². The molecule has 0 unspecified atom stereocenters. The molecule has 5 rings (SSSR count). The average molecular weight is 483 g/mol. The van der Waals surface area contributed by atoms with E-state index in [9.17, 15) is 24.3 Å². The summed E-state index contributed by atoms with van der Waals surface area (Å²) in [4.78, 5) is 57.1. The van der Waals surface area contributed by atoms with E-state index in [1.807, 2.05) is 47.6 Å². The molecule has 8 nitrogen and oxygen atoms in total. The minimum Gasteiger partial charge on any atom is -0.463 e. The van der Waals surface area contributed by atoms with Crippen LogP contribution in [0.1, 0.15) is 71.8 Å². The normalized spacial score (nSPS) is 33.2. The molecule has 0 aromatic carbocycles. The third kappa shape index (κ3) is 3.36. The van der Waals surface area contributed by atoms with E-state index in [0.29, 0.717) is 24.4 Å². The van der Waals surface area contributed by atoms with Gasteiger partial charge in [0.05, 0.1) is 29.6 Å². The molecule has 4 aliphatic rings. The molecule has 2 aliphatic heterocycles. The molecule has 0 spiro atoms. The van der Waals surface area contributed by atoms with Crippen molar-refractivity contribution in [3.05, 3.63) is 35.3 Å². The number of amides is 4. The van der Waals surface area contributed by atoms with Gasteiger partial charge in [0.1, 0.15) is 18.1 Å². The molecule has 4 amide bonds. The maximum Gasteiger partial charge on any atom is 0.234 e. The van der Waals surface area contributed by atoms with Crippen LogP contribution in [0.15, 0.2) is 28.2 Å². The Bertz CT molecular complexity index is 1150. The van der Waals surface area contributed by atoms with E-state index in [0.717, 1.165) is 5.57 Å². The third-order valence-corrected chi connectivity index (χ3v) is 8.13. The smallest absolute Gasteiger partial charge is 0.234 e. The van der Waals surface area contributed by atoms with Gasteiger partial charge in [0.25, 0.3) is 0 Å². The van der Waals surface area contributed by atoms with Crippen molar-refractivity contribution in [1.29, 1.82) is 0 Å². The Labute approximate surface area is 205 Å². The molecular formula is C27H34N2O6. The van der Waals surface area contributed by atoms with Crippen molar-refractivity contribution in [2.24, 2.45) is 29.6 Å².